The minimum absolute atomic E-state index is 0.0237. The molecule has 0 spiro atoms. The van der Waals surface area contributed by atoms with Crippen LogP contribution in [0.1, 0.15) is 5.69 Å². The number of aromatic amines is 1. The molecule has 1 amide bonds. The molecule has 1 aromatic carbocycles. The number of esters is 1. The van der Waals surface area contributed by atoms with Gasteiger partial charge in [0.1, 0.15) is 0 Å². The second-order valence-electron chi connectivity index (χ2n) is 4.61. The molecule has 1 heterocycles. The van der Waals surface area contributed by atoms with E-state index >= 15 is 0 Å². The van der Waals surface area contributed by atoms with Gasteiger partial charge in [-0.25, -0.2) is 4.98 Å². The molecule has 7 nitrogen and oxygen atoms in total. The summed E-state index contributed by atoms with van der Waals surface area (Å²) in [6, 6.07) is 8.07. The molecule has 0 saturated carbocycles. The summed E-state index contributed by atoms with van der Waals surface area (Å²) in [6.07, 6.45) is -0.111. The minimum Gasteiger partial charge on any atom is -0.469 e. The summed E-state index contributed by atoms with van der Waals surface area (Å²) >= 11 is 7.01. The average molecular weight is 368 g/mol. The number of nitrogens with one attached hydrogen (secondary N) is 2. The fourth-order valence-electron chi connectivity index (χ4n) is 1.75. The topological polar surface area (TPSA) is 101 Å². The smallest absolute Gasteiger partial charge is 0.311 e. The van der Waals surface area contributed by atoms with Crippen LogP contribution >= 0.6 is 23.4 Å². The third-order valence-corrected chi connectivity index (χ3v) is 4.02. The Labute approximate surface area is 146 Å². The first-order valence-corrected chi connectivity index (χ1v) is 8.18. The van der Waals surface area contributed by atoms with Gasteiger partial charge in [0.25, 0.3) is 5.56 Å². The number of amides is 1. The number of benzene rings is 1. The van der Waals surface area contributed by atoms with Gasteiger partial charge in [0.2, 0.25) is 5.91 Å². The molecule has 9 heteroatoms. The van der Waals surface area contributed by atoms with E-state index in [0.29, 0.717) is 10.7 Å². The Balaban J connectivity index is 1.98. The number of H-pyrrole nitrogens is 1. The minimum atomic E-state index is -0.500. The SMILES string of the molecule is COC(=O)Cc1cc(=O)[nH]c(SCC(=O)Nc2ccccc2Cl)n1. The van der Waals surface area contributed by atoms with Crippen LogP contribution in [0.15, 0.2) is 40.3 Å². The summed E-state index contributed by atoms with van der Waals surface area (Å²) in [5, 5.41) is 3.34. The van der Waals surface area contributed by atoms with Gasteiger partial charge >= 0.3 is 5.97 Å². The highest BCUT2D eigenvalue weighted by molar-refractivity contribution is 7.99. The predicted octanol–water partition coefficient (Wildman–Crippen LogP) is 1.87. The maximum absolute atomic E-state index is 11.9. The van der Waals surface area contributed by atoms with Gasteiger partial charge in [0.15, 0.2) is 5.16 Å². The van der Waals surface area contributed by atoms with Crippen LogP contribution in [0.2, 0.25) is 5.02 Å². The Kier molecular flexibility index (Phi) is 6.39. The maximum Gasteiger partial charge on any atom is 0.311 e. The Morgan fingerprint density at radius 1 is 1.38 bits per heavy atom. The number of para-hydroxylation sites is 1. The van der Waals surface area contributed by atoms with Crippen LogP contribution in [0, 0.1) is 0 Å². The van der Waals surface area contributed by atoms with Crippen molar-refractivity contribution in [3.63, 3.8) is 0 Å². The van der Waals surface area contributed by atoms with Crippen LogP contribution in [0.3, 0.4) is 0 Å². The molecular formula is C15H14ClN3O4S. The summed E-state index contributed by atoms with van der Waals surface area (Å²) < 4.78 is 4.54. The van der Waals surface area contributed by atoms with Gasteiger partial charge in [-0.2, -0.15) is 0 Å². The van der Waals surface area contributed by atoms with Crippen molar-refractivity contribution < 1.29 is 14.3 Å². The summed E-state index contributed by atoms with van der Waals surface area (Å²) in [5.74, 6) is -0.773. The third kappa shape index (κ3) is 5.39. The number of thioether (sulfide) groups is 1. The summed E-state index contributed by atoms with van der Waals surface area (Å²) in [4.78, 5) is 41.4. The van der Waals surface area contributed by atoms with Crippen molar-refractivity contribution >= 4 is 40.9 Å². The molecule has 0 saturated heterocycles. The number of ether oxygens (including phenoxy) is 1. The highest BCUT2D eigenvalue weighted by Crippen LogP contribution is 2.21. The second-order valence-corrected chi connectivity index (χ2v) is 5.98. The monoisotopic (exact) mass is 367 g/mol. The lowest BCUT2D eigenvalue weighted by atomic mass is 10.3. The number of nitrogens with zero attached hydrogens (tertiary/aromatic N) is 1. The van der Waals surface area contributed by atoms with Gasteiger partial charge < -0.3 is 15.0 Å². The van der Waals surface area contributed by atoms with Gasteiger partial charge in [0, 0.05) is 6.07 Å². The molecule has 0 radical (unpaired) electrons. The molecule has 126 valence electrons. The van der Waals surface area contributed by atoms with E-state index in [-0.39, 0.29) is 28.9 Å². The van der Waals surface area contributed by atoms with Crippen LogP contribution in [0.4, 0.5) is 5.69 Å². The summed E-state index contributed by atoms with van der Waals surface area (Å²) in [5.41, 5.74) is 0.378. The first kappa shape index (κ1) is 18.0. The molecule has 24 heavy (non-hydrogen) atoms. The van der Waals surface area contributed by atoms with E-state index in [1.807, 2.05) is 0 Å². The number of anilines is 1. The van der Waals surface area contributed by atoms with Crippen LogP contribution < -0.4 is 10.9 Å². The van der Waals surface area contributed by atoms with Crippen LogP contribution in [-0.2, 0) is 20.7 Å². The van der Waals surface area contributed by atoms with Crippen LogP contribution in [0.25, 0.3) is 0 Å². The molecule has 0 aliphatic heterocycles. The molecule has 0 fully saturated rings. The van der Waals surface area contributed by atoms with E-state index in [9.17, 15) is 14.4 Å². The van der Waals surface area contributed by atoms with Gasteiger partial charge in [0.05, 0.1) is 35.7 Å². The summed E-state index contributed by atoms with van der Waals surface area (Å²) in [7, 11) is 1.25. The zero-order chi connectivity index (χ0) is 17.5. The molecule has 0 unspecified atom stereocenters. The van der Waals surface area contributed by atoms with Crippen LogP contribution in [0.5, 0.6) is 0 Å². The molecule has 2 N–H and O–H groups in total. The number of hydrogen-bond acceptors (Lipinski definition) is 6. The van der Waals surface area contributed by atoms with E-state index in [1.54, 1.807) is 24.3 Å². The first-order chi connectivity index (χ1) is 11.5. The quantitative estimate of drug-likeness (QED) is 0.459. The number of hydrogen-bond donors (Lipinski definition) is 2. The lowest BCUT2D eigenvalue weighted by molar-refractivity contribution is -0.139. The van der Waals surface area contributed by atoms with E-state index in [4.69, 9.17) is 11.6 Å². The number of halogens is 1. The molecule has 2 rings (SSSR count). The fourth-order valence-corrected chi connectivity index (χ4v) is 2.62. The number of aromatic nitrogens is 2. The zero-order valence-electron chi connectivity index (χ0n) is 12.7. The molecular weight excluding hydrogens is 354 g/mol. The van der Waals surface area contributed by atoms with Crippen molar-refractivity contribution in [2.24, 2.45) is 0 Å². The van der Waals surface area contributed by atoms with Crippen molar-refractivity contribution in [1.82, 2.24) is 9.97 Å². The number of rotatable bonds is 6. The zero-order valence-corrected chi connectivity index (χ0v) is 14.2. The third-order valence-electron chi connectivity index (χ3n) is 2.81. The van der Waals surface area contributed by atoms with Gasteiger partial charge in [-0.05, 0) is 12.1 Å². The normalized spacial score (nSPS) is 10.2. The standard InChI is InChI=1S/C15H14ClN3O4S/c1-23-14(22)7-9-6-12(20)19-15(17-9)24-8-13(21)18-11-5-3-2-4-10(11)16/h2-6H,7-8H2,1H3,(H,18,21)(H,17,19,20). The van der Waals surface area contributed by atoms with Crippen molar-refractivity contribution in [2.75, 3.05) is 18.2 Å². The second kappa shape index (κ2) is 8.51. The molecule has 0 atom stereocenters. The van der Waals surface area contributed by atoms with Crippen molar-refractivity contribution in [3.05, 3.63) is 51.4 Å². The highest BCUT2D eigenvalue weighted by Gasteiger charge is 2.10. The van der Waals surface area contributed by atoms with Gasteiger partial charge in [-0.1, -0.05) is 35.5 Å². The predicted molar refractivity (Wildman–Crippen MR) is 91.4 cm³/mol. The number of carbonyl (C=O) groups excluding carboxylic acids is 2. The van der Waals surface area contributed by atoms with Crippen molar-refractivity contribution in [2.45, 2.75) is 11.6 Å². The van der Waals surface area contributed by atoms with Crippen LogP contribution in [-0.4, -0.2) is 34.7 Å². The lowest BCUT2D eigenvalue weighted by Gasteiger charge is -2.07. The average Bonchev–Trinajstić information content (AvgIpc) is 2.54. The van der Waals surface area contributed by atoms with Crippen molar-refractivity contribution in [1.29, 1.82) is 0 Å². The Morgan fingerprint density at radius 3 is 2.83 bits per heavy atom. The number of carbonyl (C=O) groups is 2. The van der Waals surface area contributed by atoms with Gasteiger partial charge in [-0.3, -0.25) is 14.4 Å². The fraction of sp³-hybridized carbons (Fsp3) is 0.200. The Hall–Kier alpha value is -2.32. The van der Waals surface area contributed by atoms with E-state index < -0.39 is 11.5 Å². The van der Waals surface area contributed by atoms with E-state index in [2.05, 4.69) is 20.0 Å². The highest BCUT2D eigenvalue weighted by atomic mass is 35.5. The molecule has 1 aromatic heterocycles. The Morgan fingerprint density at radius 2 is 2.12 bits per heavy atom. The molecule has 0 bridgehead atoms. The molecule has 0 aliphatic rings. The molecule has 0 aliphatic carbocycles. The van der Waals surface area contributed by atoms with Gasteiger partial charge in [-0.15, -0.1) is 0 Å². The summed E-state index contributed by atoms with van der Waals surface area (Å²) in [6.45, 7) is 0. The molecule has 2 aromatic rings. The van der Waals surface area contributed by atoms with E-state index in [1.165, 1.54) is 13.2 Å². The lowest BCUT2D eigenvalue weighted by Crippen LogP contribution is -2.17. The largest absolute Gasteiger partial charge is 0.469 e. The first-order valence-electron chi connectivity index (χ1n) is 6.82. The maximum atomic E-state index is 11.9. The van der Waals surface area contributed by atoms with E-state index in [0.717, 1.165) is 11.8 Å². The van der Waals surface area contributed by atoms with Crippen molar-refractivity contribution in [3.8, 4) is 0 Å². The Bertz CT molecular complexity index is 809. The number of methoxy groups -OCH3 is 1.